The molecule has 0 saturated heterocycles. The lowest BCUT2D eigenvalue weighted by molar-refractivity contribution is 0.601. The zero-order chi connectivity index (χ0) is 18.0. The van der Waals surface area contributed by atoms with Gasteiger partial charge < -0.3 is 0 Å². The fraction of sp³-hybridized carbons (Fsp3) is 0. The van der Waals surface area contributed by atoms with E-state index >= 15 is 0 Å². The highest BCUT2D eigenvalue weighted by atomic mass is 35.5. The highest BCUT2D eigenvalue weighted by molar-refractivity contribution is 7.92. The first kappa shape index (κ1) is 17.9. The minimum Gasteiger partial charge on any atom is -0.263 e. The van der Waals surface area contributed by atoms with Crippen LogP contribution in [0.5, 0.6) is 0 Å². The molecule has 0 fully saturated rings. The largest absolute Gasteiger partial charge is 0.263 e. The fourth-order valence-electron chi connectivity index (χ4n) is 2.13. The van der Waals surface area contributed by atoms with Crippen LogP contribution in [0.2, 0.25) is 15.2 Å². The van der Waals surface area contributed by atoms with Gasteiger partial charge in [0.15, 0.2) is 5.82 Å². The lowest BCUT2D eigenvalue weighted by atomic mass is 10.1. The van der Waals surface area contributed by atoms with Crippen molar-refractivity contribution in [1.82, 2.24) is 9.97 Å². The molecule has 2 aromatic carbocycles. The van der Waals surface area contributed by atoms with Gasteiger partial charge in [0.2, 0.25) is 0 Å². The third-order valence-corrected chi connectivity index (χ3v) is 5.38. The first-order valence-electron chi connectivity index (χ1n) is 6.91. The van der Waals surface area contributed by atoms with Gasteiger partial charge in [-0.1, -0.05) is 53.0 Å². The van der Waals surface area contributed by atoms with E-state index in [0.717, 1.165) is 0 Å². The Hall–Kier alpha value is -1.86. The average Bonchev–Trinajstić information content (AvgIpc) is 2.56. The summed E-state index contributed by atoms with van der Waals surface area (Å²) in [6.45, 7) is 0. The molecule has 0 radical (unpaired) electrons. The first-order valence-corrected chi connectivity index (χ1v) is 9.53. The maximum Gasteiger partial charge on any atom is 0.263 e. The Morgan fingerprint density at radius 1 is 0.880 bits per heavy atom. The molecule has 3 aromatic rings. The van der Waals surface area contributed by atoms with Gasteiger partial charge in [0.25, 0.3) is 10.0 Å². The average molecular weight is 415 g/mol. The van der Waals surface area contributed by atoms with Crippen LogP contribution in [0.3, 0.4) is 0 Å². The predicted octanol–water partition coefficient (Wildman–Crippen LogP) is 4.90. The van der Waals surface area contributed by atoms with Crippen LogP contribution in [0.1, 0.15) is 0 Å². The van der Waals surface area contributed by atoms with E-state index in [4.69, 9.17) is 34.8 Å². The maximum absolute atomic E-state index is 12.6. The minimum atomic E-state index is -3.90. The first-order chi connectivity index (χ1) is 11.9. The number of hydrogen-bond donors (Lipinski definition) is 1. The molecule has 0 amide bonds. The van der Waals surface area contributed by atoms with Gasteiger partial charge in [0, 0.05) is 10.0 Å². The van der Waals surface area contributed by atoms with Crippen molar-refractivity contribution in [2.24, 2.45) is 0 Å². The second-order valence-corrected chi connectivity index (χ2v) is 7.87. The zero-order valence-electron chi connectivity index (χ0n) is 12.4. The molecule has 0 spiro atoms. The molecule has 0 saturated carbocycles. The molecule has 5 nitrogen and oxygen atoms in total. The monoisotopic (exact) mass is 413 g/mol. The van der Waals surface area contributed by atoms with Gasteiger partial charge in [-0.25, -0.2) is 18.4 Å². The smallest absolute Gasteiger partial charge is 0.263 e. The van der Waals surface area contributed by atoms with E-state index in [9.17, 15) is 8.42 Å². The standard InChI is InChI=1S/C16H10Cl3N3O2S/c17-11-6-4-10(5-7-11)14-15(19)20-9-21-16(14)22-25(23,24)13-3-1-2-12(18)8-13/h1-9H,(H,20,21,22). The molecule has 25 heavy (non-hydrogen) atoms. The number of nitrogens with zero attached hydrogens (tertiary/aromatic N) is 2. The van der Waals surface area contributed by atoms with Crippen molar-refractivity contribution in [3.05, 3.63) is 70.1 Å². The van der Waals surface area contributed by atoms with Gasteiger partial charge >= 0.3 is 0 Å². The van der Waals surface area contributed by atoms with Crippen molar-refractivity contribution < 1.29 is 8.42 Å². The van der Waals surface area contributed by atoms with Crippen molar-refractivity contribution in [3.63, 3.8) is 0 Å². The Labute approximate surface area is 159 Å². The Morgan fingerprint density at radius 2 is 1.60 bits per heavy atom. The van der Waals surface area contributed by atoms with Crippen molar-refractivity contribution in [3.8, 4) is 11.1 Å². The van der Waals surface area contributed by atoms with Gasteiger partial charge in [0.05, 0.1) is 10.5 Å². The lowest BCUT2D eigenvalue weighted by Gasteiger charge is -2.13. The molecule has 0 unspecified atom stereocenters. The van der Waals surface area contributed by atoms with Crippen LogP contribution in [0.25, 0.3) is 11.1 Å². The molecule has 128 valence electrons. The summed E-state index contributed by atoms with van der Waals surface area (Å²) < 4.78 is 27.6. The second kappa shape index (κ2) is 7.17. The van der Waals surface area contributed by atoms with Crippen molar-refractivity contribution in [1.29, 1.82) is 0 Å². The number of nitrogens with one attached hydrogen (secondary N) is 1. The summed E-state index contributed by atoms with van der Waals surface area (Å²) in [5.74, 6) is 0.0577. The Bertz CT molecular complexity index is 1030. The highest BCUT2D eigenvalue weighted by Gasteiger charge is 2.20. The summed E-state index contributed by atoms with van der Waals surface area (Å²) in [7, 11) is -3.90. The Morgan fingerprint density at radius 3 is 2.28 bits per heavy atom. The third kappa shape index (κ3) is 4.04. The van der Waals surface area contributed by atoms with Gasteiger partial charge in [-0.15, -0.1) is 0 Å². The number of halogens is 3. The summed E-state index contributed by atoms with van der Waals surface area (Å²) in [5.41, 5.74) is 0.977. The zero-order valence-corrected chi connectivity index (χ0v) is 15.5. The van der Waals surface area contributed by atoms with Crippen LogP contribution in [-0.2, 0) is 10.0 Å². The molecule has 1 aromatic heterocycles. The highest BCUT2D eigenvalue weighted by Crippen LogP contribution is 2.33. The quantitative estimate of drug-likeness (QED) is 0.616. The summed E-state index contributed by atoms with van der Waals surface area (Å²) in [6, 6.07) is 12.6. The van der Waals surface area contributed by atoms with Crippen LogP contribution in [0.15, 0.2) is 59.8 Å². The summed E-state index contributed by atoms with van der Waals surface area (Å²) in [4.78, 5) is 7.95. The Balaban J connectivity index is 2.06. The number of anilines is 1. The molecule has 0 aliphatic rings. The second-order valence-electron chi connectivity index (χ2n) is 4.96. The molecule has 1 heterocycles. The van der Waals surface area contributed by atoms with Gasteiger partial charge in [-0.2, -0.15) is 0 Å². The van der Waals surface area contributed by atoms with Crippen LogP contribution in [-0.4, -0.2) is 18.4 Å². The molecule has 0 aliphatic heterocycles. The SMILES string of the molecule is O=S(=O)(Nc1ncnc(Cl)c1-c1ccc(Cl)cc1)c1cccc(Cl)c1. The van der Waals surface area contributed by atoms with Gasteiger partial charge in [-0.3, -0.25) is 4.72 Å². The molecule has 0 atom stereocenters. The van der Waals surface area contributed by atoms with Crippen molar-refractivity contribution in [2.45, 2.75) is 4.90 Å². The number of sulfonamides is 1. The Kier molecular flexibility index (Phi) is 5.15. The topological polar surface area (TPSA) is 72.0 Å². The number of hydrogen-bond acceptors (Lipinski definition) is 4. The number of benzene rings is 2. The van der Waals surface area contributed by atoms with Gasteiger partial charge in [-0.05, 0) is 35.9 Å². The molecular formula is C16H10Cl3N3O2S. The van der Waals surface area contributed by atoms with Crippen LogP contribution >= 0.6 is 34.8 Å². The van der Waals surface area contributed by atoms with Crippen LogP contribution < -0.4 is 4.72 Å². The molecule has 1 N–H and O–H groups in total. The number of rotatable bonds is 4. The predicted molar refractivity (Wildman–Crippen MR) is 99.7 cm³/mol. The summed E-state index contributed by atoms with van der Waals surface area (Å²) >= 11 is 17.9. The van der Waals surface area contributed by atoms with Crippen LogP contribution in [0.4, 0.5) is 5.82 Å². The van der Waals surface area contributed by atoms with E-state index in [1.54, 1.807) is 36.4 Å². The maximum atomic E-state index is 12.6. The van der Waals surface area contributed by atoms with E-state index in [1.165, 1.54) is 18.5 Å². The van der Waals surface area contributed by atoms with E-state index in [2.05, 4.69) is 14.7 Å². The lowest BCUT2D eigenvalue weighted by Crippen LogP contribution is -2.15. The van der Waals surface area contributed by atoms with E-state index < -0.39 is 10.0 Å². The van der Waals surface area contributed by atoms with E-state index in [1.807, 2.05) is 0 Å². The number of aromatic nitrogens is 2. The summed E-state index contributed by atoms with van der Waals surface area (Å²) in [6.07, 6.45) is 1.18. The minimum absolute atomic E-state index is 0.0109. The molecule has 3 rings (SSSR count). The van der Waals surface area contributed by atoms with Crippen molar-refractivity contribution >= 4 is 50.6 Å². The third-order valence-electron chi connectivity index (χ3n) is 3.27. The molecule has 9 heteroatoms. The van der Waals surface area contributed by atoms with Crippen LogP contribution in [0, 0.1) is 0 Å². The normalized spacial score (nSPS) is 11.3. The molecular weight excluding hydrogens is 405 g/mol. The summed E-state index contributed by atoms with van der Waals surface area (Å²) in [5, 5.41) is 0.959. The van der Waals surface area contributed by atoms with E-state index in [0.29, 0.717) is 21.2 Å². The van der Waals surface area contributed by atoms with Gasteiger partial charge in [0.1, 0.15) is 11.5 Å². The molecule has 0 bridgehead atoms. The fourth-order valence-corrected chi connectivity index (χ4v) is 3.82. The van der Waals surface area contributed by atoms with E-state index in [-0.39, 0.29) is 15.9 Å². The molecule has 0 aliphatic carbocycles. The van der Waals surface area contributed by atoms with Crippen molar-refractivity contribution in [2.75, 3.05) is 4.72 Å².